The number of piperidine rings is 4. The molecule has 0 radical (unpaired) electrons. The van der Waals surface area contributed by atoms with Crippen molar-refractivity contribution in [2.75, 3.05) is 169 Å². The summed E-state index contributed by atoms with van der Waals surface area (Å²) >= 11 is 0. The third-order valence-corrected chi connectivity index (χ3v) is 32.6. The second-order valence-electron chi connectivity index (χ2n) is 35.8. The van der Waals surface area contributed by atoms with E-state index in [4.69, 9.17) is 76.8 Å². The Morgan fingerprint density at radius 3 is 1.04 bits per heavy atom. The Morgan fingerprint density at radius 1 is 0.378 bits per heavy atom. The molecule has 0 spiro atoms. The summed E-state index contributed by atoms with van der Waals surface area (Å²) in [6.07, 6.45) is 23.0. The zero-order chi connectivity index (χ0) is 89.4. The van der Waals surface area contributed by atoms with Gasteiger partial charge in [-0.05, 0) is 133 Å². The van der Waals surface area contributed by atoms with Crippen LogP contribution in [-0.4, -0.2) is 255 Å². The normalized spacial score (nSPS) is 21.4. The number of nitrogens with one attached hydrogen (secondary N) is 5. The monoisotopic (exact) mass is 1920 g/mol. The van der Waals surface area contributed by atoms with Crippen LogP contribution in [0.25, 0.3) is 34.2 Å². The highest BCUT2D eigenvalue weighted by molar-refractivity contribution is 7.86. The maximum atomic E-state index is 12.6. The molecule has 37 nitrogen and oxygen atoms in total. The molecule has 11 aromatic rings. The van der Waals surface area contributed by atoms with Crippen LogP contribution in [-0.2, 0) is 87.8 Å². The van der Waals surface area contributed by atoms with Crippen molar-refractivity contribution in [3.05, 3.63) is 131 Å². The molecule has 4 atom stereocenters. The van der Waals surface area contributed by atoms with Crippen LogP contribution in [0.4, 0.5) is 47.1 Å². The number of fused-ring (bicyclic) bond motifs is 4. The number of anilines is 8. The van der Waals surface area contributed by atoms with Crippen LogP contribution >= 0.6 is 0 Å². The van der Waals surface area contributed by atoms with Gasteiger partial charge in [-0.2, -0.15) is 40.0 Å². The smallest absolute Gasteiger partial charge is 0.230 e. The number of aromatic amines is 1. The number of rotatable bonds is 20. The number of H-pyrrole nitrogens is 1. The Balaban J connectivity index is 0.000000124. The highest BCUT2D eigenvalue weighted by atomic mass is 32.2. The lowest BCUT2D eigenvalue weighted by molar-refractivity contribution is 0.0902. The summed E-state index contributed by atoms with van der Waals surface area (Å²) in [7, 11) is -4.12. The van der Waals surface area contributed by atoms with Crippen molar-refractivity contribution in [1.82, 2.24) is 85.5 Å². The van der Waals surface area contributed by atoms with Gasteiger partial charge in [-0.15, -0.1) is 0 Å². The fourth-order valence-electron chi connectivity index (χ4n) is 19.1. The molecule has 8 saturated heterocycles. The number of benzene rings is 1. The first-order chi connectivity index (χ1) is 64.8. The SMILES string of the molecule is C.C.C.CC(C)c1noc(C2CCN(c3nc4c(c(NC5CCOCC5)n3)S(=O)CC4)CC2)n1.O=S1CCc2nc(N3CCC(c4cc(-c5ccco5)n[nH]4)CC3)nc(NC3CCOCC3)c21.O=S1CCc2nc(N3CCC(c4nc(-c5ccccc5)no4)CC3)nc(NC3CCOCC3)c21.O=S1CCc2nc(N3CCC(c4nc(-c5ccncc5)no4)CC3)nc(NC3CCOCC3)c21. The van der Waals surface area contributed by atoms with E-state index in [2.05, 4.69) is 106 Å². The van der Waals surface area contributed by atoms with E-state index in [0.717, 1.165) is 357 Å². The summed E-state index contributed by atoms with van der Waals surface area (Å²) < 4.78 is 94.6. The minimum absolute atomic E-state index is 0. The van der Waals surface area contributed by atoms with Gasteiger partial charge in [-0.3, -0.25) is 26.9 Å². The summed E-state index contributed by atoms with van der Waals surface area (Å²) in [4.78, 5) is 68.8. The second-order valence-corrected chi connectivity index (χ2v) is 41.8. The Labute approximate surface area is 797 Å². The van der Waals surface area contributed by atoms with Gasteiger partial charge in [0.2, 0.25) is 53.1 Å². The number of hydrogen-bond donors (Lipinski definition) is 5. The van der Waals surface area contributed by atoms with E-state index < -0.39 is 43.2 Å². The molecule has 10 aromatic heterocycles. The summed E-state index contributed by atoms with van der Waals surface area (Å²) in [6, 6.07) is 20.7. The molecular formula is C94H125N25O12S4. The van der Waals surface area contributed by atoms with E-state index in [1.165, 1.54) is 0 Å². The minimum atomic E-state index is -1.04. The predicted octanol–water partition coefficient (Wildman–Crippen LogP) is 13.4. The third-order valence-electron chi connectivity index (χ3n) is 26.7. The highest BCUT2D eigenvalue weighted by Crippen LogP contribution is 2.42. The molecule has 0 aliphatic carbocycles. The van der Waals surface area contributed by atoms with Crippen molar-refractivity contribution in [2.45, 2.75) is 238 Å². The van der Waals surface area contributed by atoms with E-state index in [9.17, 15) is 16.8 Å². The molecule has 0 amide bonds. The van der Waals surface area contributed by atoms with Gasteiger partial charge in [0.15, 0.2) is 11.6 Å². The van der Waals surface area contributed by atoms with E-state index in [1.807, 2.05) is 54.6 Å². The van der Waals surface area contributed by atoms with Gasteiger partial charge >= 0.3 is 0 Å². The first-order valence-electron chi connectivity index (χ1n) is 46.9. The quantitative estimate of drug-likeness (QED) is 0.0473. The average Bonchev–Trinajstić information content (AvgIpc) is 1.61. The zero-order valence-electron chi connectivity index (χ0n) is 74.5. The fourth-order valence-corrected chi connectivity index (χ4v) is 24.3. The topological polar surface area (TPSA) is 441 Å². The van der Waals surface area contributed by atoms with Crippen LogP contribution in [0.3, 0.4) is 0 Å². The standard InChI is InChI=1S/C24H28N6O3S.C23H27N7O3S.C23H28N6O3S.C21H30N6O3S.3CH4/c31-34-15-10-19-20(34)22(25-18-8-13-32-14-9-18)28-24(26-19)30-11-6-17(7-12-30)23-27-21(29-33-23)16-4-2-1-3-5-16;31-34-14-7-18-19(34)21(25-17-5-12-32-13-6-17)28-23(26-18)30-10-3-16(4-11-30)22-27-20(29-33-22)15-1-8-24-9-2-15;30-33-13-7-17-21(33)22(24-16-5-11-31-12-6-16)26-23(25-17)29-8-3-15(4-9-29)18-14-19(28-27-18)20-2-1-10-32-20;1-13(2)18-24-20(30-26-18)14-3-8-27(9-4-14)21-23-16-7-12-31(28)17(16)19(25-21)22-15-5-10-29-11-6-15;;;/h1-5,17-18H,6-15H2,(H,25,26,28);1-2,8-9,16-17H,3-7,10-14H2,(H,25,26,28);1-2,10,14-16H,3-9,11-13H2,(H,27,28)(H,24,25,26);13-15H,3-12H2,1-2H3,(H,22,23,25);3*1H4. The lowest BCUT2D eigenvalue weighted by atomic mass is 9.93. The minimum Gasteiger partial charge on any atom is -0.463 e. The molecule has 23 rings (SSSR count). The molecule has 8 fully saturated rings. The number of pyridine rings is 1. The molecule has 5 N–H and O–H groups in total. The van der Waals surface area contributed by atoms with Crippen LogP contribution in [0.5, 0.6) is 0 Å². The molecule has 12 aliphatic heterocycles. The Kier molecular flexibility index (Phi) is 31.8. The molecule has 722 valence electrons. The van der Waals surface area contributed by atoms with Crippen molar-refractivity contribution >= 4 is 90.3 Å². The summed E-state index contributed by atoms with van der Waals surface area (Å²) in [6.45, 7) is 16.8. The molecular weight excluding hydrogens is 1800 g/mol. The lowest BCUT2D eigenvalue weighted by Crippen LogP contribution is -2.35. The van der Waals surface area contributed by atoms with Crippen molar-refractivity contribution in [3.63, 3.8) is 0 Å². The van der Waals surface area contributed by atoms with Crippen molar-refractivity contribution in [3.8, 4) is 34.2 Å². The van der Waals surface area contributed by atoms with Gasteiger partial charge in [0, 0.05) is 237 Å². The number of furan rings is 1. The molecule has 41 heteroatoms. The van der Waals surface area contributed by atoms with Crippen LogP contribution < -0.4 is 40.9 Å². The predicted molar refractivity (Wildman–Crippen MR) is 517 cm³/mol. The molecule has 22 heterocycles. The third kappa shape index (κ3) is 22.5. The number of nitrogens with zero attached hydrogens (tertiary/aromatic N) is 20. The van der Waals surface area contributed by atoms with Crippen LogP contribution in [0.15, 0.2) is 117 Å². The highest BCUT2D eigenvalue weighted by Gasteiger charge is 2.39. The Bertz CT molecular complexity index is 5650. The van der Waals surface area contributed by atoms with Crippen molar-refractivity contribution < 1.29 is 53.8 Å². The first-order valence-corrected chi connectivity index (χ1v) is 52.2. The van der Waals surface area contributed by atoms with Crippen LogP contribution in [0.1, 0.15) is 220 Å². The number of ether oxygens (including phenoxy) is 4. The van der Waals surface area contributed by atoms with Gasteiger partial charge in [0.1, 0.15) is 48.5 Å². The average molecular weight is 1930 g/mol. The molecule has 0 bridgehead atoms. The van der Waals surface area contributed by atoms with Gasteiger partial charge in [-0.1, -0.05) is 81.9 Å². The van der Waals surface area contributed by atoms with E-state index >= 15 is 0 Å². The largest absolute Gasteiger partial charge is 0.463 e. The van der Waals surface area contributed by atoms with E-state index in [0.29, 0.717) is 76.4 Å². The van der Waals surface area contributed by atoms with Gasteiger partial charge < -0.3 is 77.8 Å². The summed E-state index contributed by atoms with van der Waals surface area (Å²) in [5, 5.41) is 34.3. The fraction of sp³-hybridized carbons (Fsp3) is 0.574. The summed E-state index contributed by atoms with van der Waals surface area (Å²) in [5.74, 6) is 14.7. The molecule has 12 aliphatic rings. The van der Waals surface area contributed by atoms with Crippen molar-refractivity contribution in [1.29, 1.82) is 0 Å². The molecule has 0 saturated carbocycles. The number of hydrogen-bond acceptors (Lipinski definition) is 36. The Morgan fingerprint density at radius 2 is 0.711 bits per heavy atom. The van der Waals surface area contributed by atoms with Crippen molar-refractivity contribution in [2.24, 2.45) is 0 Å². The maximum Gasteiger partial charge on any atom is 0.230 e. The Hall–Kier alpha value is -10.6. The second kappa shape index (κ2) is 44.7. The molecule has 1 aromatic carbocycles. The lowest BCUT2D eigenvalue weighted by Gasteiger charge is -2.32. The molecule has 135 heavy (non-hydrogen) atoms. The first kappa shape index (κ1) is 96.1. The van der Waals surface area contributed by atoms with Gasteiger partial charge in [0.25, 0.3) is 0 Å². The maximum absolute atomic E-state index is 12.6. The van der Waals surface area contributed by atoms with E-state index in [1.54, 1.807) is 18.7 Å². The number of aryl methyl sites for hydroxylation is 4. The van der Waals surface area contributed by atoms with Crippen LogP contribution in [0, 0.1) is 0 Å². The van der Waals surface area contributed by atoms with Crippen LogP contribution in [0.2, 0.25) is 0 Å². The summed E-state index contributed by atoms with van der Waals surface area (Å²) in [5.41, 5.74) is 7.55. The van der Waals surface area contributed by atoms with E-state index in [-0.39, 0.29) is 52.0 Å². The number of aromatic nitrogens is 17. The van der Waals surface area contributed by atoms with Gasteiger partial charge in [-0.25, -0.2) is 19.9 Å². The van der Waals surface area contributed by atoms with Gasteiger partial charge in [0.05, 0.1) is 72.2 Å². The molecule has 4 unspecified atom stereocenters. The zero-order valence-corrected chi connectivity index (χ0v) is 77.7.